The normalized spacial score (nSPS) is 11.4. The molecule has 1 aromatic heterocycles. The van der Waals surface area contributed by atoms with Crippen LogP contribution in [-0.2, 0) is 20.7 Å². The molecule has 40 heavy (non-hydrogen) atoms. The molecule has 3 rings (SSSR count). The topological polar surface area (TPSA) is 107 Å². The summed E-state index contributed by atoms with van der Waals surface area (Å²) in [5, 5.41) is 14.4. The van der Waals surface area contributed by atoms with Crippen LogP contribution in [0.25, 0.3) is 17.3 Å². The van der Waals surface area contributed by atoms with Crippen molar-refractivity contribution in [3.8, 4) is 17.0 Å². The summed E-state index contributed by atoms with van der Waals surface area (Å²) in [6, 6.07) is 8.68. The minimum absolute atomic E-state index is 0.0970. The number of amides is 1. The van der Waals surface area contributed by atoms with Gasteiger partial charge in [-0.3, -0.25) is 10.1 Å². The Kier molecular flexibility index (Phi) is 12.3. The van der Waals surface area contributed by atoms with E-state index in [2.05, 4.69) is 17.2 Å². The van der Waals surface area contributed by atoms with Gasteiger partial charge in [-0.15, -0.1) is 11.3 Å². The predicted molar refractivity (Wildman–Crippen MR) is 160 cm³/mol. The average molecular weight is 608 g/mol. The molecule has 0 spiro atoms. The molecule has 0 saturated heterocycles. The maximum atomic E-state index is 12.9. The Morgan fingerprint density at radius 3 is 2.50 bits per heavy atom. The number of halogens is 2. The Balaban J connectivity index is 1.71. The smallest absolute Gasteiger partial charge is 0.371 e. The van der Waals surface area contributed by atoms with Crippen LogP contribution >= 0.6 is 34.5 Å². The number of hydrogen-bond acceptors (Lipinski definition) is 7. The fraction of sp³-hybridized carbons (Fsp3) is 0.345. The third-order valence-corrected chi connectivity index (χ3v) is 7.39. The molecule has 11 heteroatoms. The van der Waals surface area contributed by atoms with Crippen molar-refractivity contribution in [1.29, 1.82) is 0 Å². The highest BCUT2D eigenvalue weighted by Gasteiger charge is 2.18. The van der Waals surface area contributed by atoms with Crippen LogP contribution in [0.15, 0.2) is 41.5 Å². The van der Waals surface area contributed by atoms with E-state index in [0.29, 0.717) is 23.9 Å². The average Bonchev–Trinajstić information content (AvgIpc) is 3.39. The van der Waals surface area contributed by atoms with Crippen LogP contribution in [0.2, 0.25) is 10.0 Å². The Hall–Kier alpha value is -3.11. The van der Waals surface area contributed by atoms with Gasteiger partial charge in [-0.1, -0.05) is 61.5 Å². The molecular weight excluding hydrogens is 575 g/mol. The molecule has 0 fully saturated rings. The van der Waals surface area contributed by atoms with Crippen molar-refractivity contribution < 1.29 is 28.9 Å². The van der Waals surface area contributed by atoms with E-state index in [-0.39, 0.29) is 26.9 Å². The van der Waals surface area contributed by atoms with Crippen molar-refractivity contribution in [2.75, 3.05) is 32.8 Å². The number of rotatable bonds is 15. The molecule has 0 aliphatic heterocycles. The van der Waals surface area contributed by atoms with Crippen LogP contribution in [0.5, 0.6) is 5.75 Å². The van der Waals surface area contributed by atoms with Gasteiger partial charge < -0.3 is 19.3 Å². The van der Waals surface area contributed by atoms with E-state index in [4.69, 9.17) is 37.4 Å². The molecule has 0 radical (unpaired) electrons. The van der Waals surface area contributed by atoms with Gasteiger partial charge in [0.2, 0.25) is 5.76 Å². The van der Waals surface area contributed by atoms with Crippen LogP contribution < -0.4 is 10.1 Å². The summed E-state index contributed by atoms with van der Waals surface area (Å²) in [6.07, 6.45) is 6.59. The van der Waals surface area contributed by atoms with Gasteiger partial charge in [-0.05, 0) is 42.7 Å². The number of unbranched alkanes of at least 4 members (excludes halogenated alkanes) is 3. The fourth-order valence-corrected chi connectivity index (χ4v) is 5.26. The number of carbonyl (C=O) groups is 2. The third-order valence-electron chi connectivity index (χ3n) is 6.01. The fourth-order valence-electron chi connectivity index (χ4n) is 3.96. The lowest BCUT2D eigenvalue weighted by Crippen LogP contribution is -2.12. The van der Waals surface area contributed by atoms with E-state index < -0.39 is 11.9 Å². The SMILES string of the molecule is CCCCCCOCCc1cccc(-c2csc(NC(=O)c3cc(Cl)c(C=C(OC)C(=O)O)c(Cl)c3)n2)c1OC. The molecule has 2 N–H and O–H groups in total. The number of hydrogen-bond donors (Lipinski definition) is 2. The van der Waals surface area contributed by atoms with E-state index in [0.717, 1.165) is 29.9 Å². The summed E-state index contributed by atoms with van der Waals surface area (Å²) in [5.74, 6) is -1.36. The molecule has 214 valence electrons. The first-order valence-corrected chi connectivity index (χ1v) is 14.4. The first kappa shape index (κ1) is 31.4. The standard InChI is InChI=1S/C29H32Cl2N2O6S/c1-4-5-6-7-12-39-13-11-18-9-8-10-20(26(18)38-3)24-17-40-29(32-24)33-27(34)19-14-22(30)21(23(31)15-19)16-25(37-2)28(35)36/h8-10,14-17H,4-7,11-13H2,1-3H3,(H,35,36)(H,32,33,34). The number of carboxylic acid groups (broad SMARTS) is 1. The maximum Gasteiger partial charge on any atom is 0.371 e. The van der Waals surface area contributed by atoms with Crippen molar-refractivity contribution in [1.82, 2.24) is 4.98 Å². The molecule has 0 aliphatic carbocycles. The number of anilines is 1. The van der Waals surface area contributed by atoms with Crippen LogP contribution in [0.1, 0.15) is 54.1 Å². The highest BCUT2D eigenvalue weighted by Crippen LogP contribution is 2.35. The number of benzene rings is 2. The molecule has 1 amide bonds. The summed E-state index contributed by atoms with van der Waals surface area (Å²) in [6.45, 7) is 3.55. The summed E-state index contributed by atoms with van der Waals surface area (Å²) in [4.78, 5) is 28.8. The highest BCUT2D eigenvalue weighted by molar-refractivity contribution is 7.14. The Bertz CT molecular complexity index is 1340. The van der Waals surface area contributed by atoms with Gasteiger partial charge >= 0.3 is 5.97 Å². The van der Waals surface area contributed by atoms with Crippen molar-refractivity contribution in [2.45, 2.75) is 39.0 Å². The largest absolute Gasteiger partial charge is 0.496 e. The number of aromatic nitrogens is 1. The molecule has 3 aromatic rings. The van der Waals surface area contributed by atoms with Crippen molar-refractivity contribution in [2.24, 2.45) is 0 Å². The summed E-state index contributed by atoms with van der Waals surface area (Å²) in [7, 11) is 2.85. The third kappa shape index (κ3) is 8.44. The Morgan fingerprint density at radius 2 is 1.85 bits per heavy atom. The van der Waals surface area contributed by atoms with Crippen LogP contribution in [0, 0.1) is 0 Å². The van der Waals surface area contributed by atoms with E-state index in [1.54, 1.807) is 7.11 Å². The molecule has 0 saturated carbocycles. The van der Waals surface area contributed by atoms with Crippen molar-refractivity contribution in [3.05, 3.63) is 68.2 Å². The lowest BCUT2D eigenvalue weighted by Gasteiger charge is -2.13. The van der Waals surface area contributed by atoms with Gasteiger partial charge in [0.25, 0.3) is 5.91 Å². The van der Waals surface area contributed by atoms with Gasteiger partial charge in [0.15, 0.2) is 5.13 Å². The molecule has 0 bridgehead atoms. The first-order chi connectivity index (χ1) is 19.3. The van der Waals surface area contributed by atoms with Crippen molar-refractivity contribution in [3.63, 3.8) is 0 Å². The van der Waals surface area contributed by atoms with Gasteiger partial charge in [-0.25, -0.2) is 9.78 Å². The molecule has 1 heterocycles. The lowest BCUT2D eigenvalue weighted by atomic mass is 10.0. The zero-order valence-electron chi connectivity index (χ0n) is 22.6. The summed E-state index contributed by atoms with van der Waals surface area (Å²) in [5.41, 5.74) is 2.91. The van der Waals surface area contributed by atoms with Gasteiger partial charge in [0.1, 0.15) is 5.75 Å². The van der Waals surface area contributed by atoms with Crippen LogP contribution in [0.4, 0.5) is 5.13 Å². The van der Waals surface area contributed by atoms with E-state index in [1.165, 1.54) is 55.9 Å². The molecule has 2 aromatic carbocycles. The number of methoxy groups -OCH3 is 2. The number of carbonyl (C=O) groups excluding carboxylic acids is 1. The summed E-state index contributed by atoms with van der Waals surface area (Å²) < 4.78 is 16.4. The zero-order chi connectivity index (χ0) is 29.1. The number of nitrogens with one attached hydrogen (secondary N) is 1. The number of ether oxygens (including phenoxy) is 3. The Morgan fingerprint density at radius 1 is 1.10 bits per heavy atom. The van der Waals surface area contributed by atoms with Gasteiger partial charge in [-0.2, -0.15) is 0 Å². The second-order valence-electron chi connectivity index (χ2n) is 8.78. The highest BCUT2D eigenvalue weighted by atomic mass is 35.5. The second kappa shape index (κ2) is 15.6. The van der Waals surface area contributed by atoms with Crippen LogP contribution in [0.3, 0.4) is 0 Å². The number of nitrogens with zero attached hydrogens (tertiary/aromatic N) is 1. The monoisotopic (exact) mass is 606 g/mol. The number of aliphatic carboxylic acids is 1. The minimum atomic E-state index is -1.27. The number of carboxylic acids is 1. The summed E-state index contributed by atoms with van der Waals surface area (Å²) >= 11 is 13.9. The lowest BCUT2D eigenvalue weighted by molar-refractivity contribution is -0.135. The molecular formula is C29H32Cl2N2O6S. The zero-order valence-corrected chi connectivity index (χ0v) is 24.9. The number of para-hydroxylation sites is 1. The van der Waals surface area contributed by atoms with Crippen LogP contribution in [-0.4, -0.2) is 49.4 Å². The van der Waals surface area contributed by atoms with Gasteiger partial charge in [0.05, 0.1) is 36.6 Å². The van der Waals surface area contributed by atoms with E-state index in [9.17, 15) is 14.7 Å². The second-order valence-corrected chi connectivity index (χ2v) is 10.5. The molecule has 0 aliphatic rings. The minimum Gasteiger partial charge on any atom is -0.496 e. The van der Waals surface area contributed by atoms with E-state index >= 15 is 0 Å². The van der Waals surface area contributed by atoms with Crippen molar-refractivity contribution >= 4 is 57.6 Å². The maximum absolute atomic E-state index is 12.9. The van der Waals surface area contributed by atoms with Gasteiger partial charge in [0, 0.05) is 28.7 Å². The quantitative estimate of drug-likeness (QED) is 0.104. The molecule has 0 unspecified atom stereocenters. The predicted octanol–water partition coefficient (Wildman–Crippen LogP) is 7.59. The Labute approximate surface area is 247 Å². The number of thiazole rings is 1. The first-order valence-electron chi connectivity index (χ1n) is 12.8. The molecule has 0 atom stereocenters. The van der Waals surface area contributed by atoms with E-state index in [1.807, 2.05) is 23.6 Å². The molecule has 8 nitrogen and oxygen atoms in total.